The van der Waals surface area contributed by atoms with Crippen LogP contribution in [0.25, 0.3) is 10.8 Å². The number of carbonyl (C=O) groups is 1. The highest BCUT2D eigenvalue weighted by molar-refractivity contribution is 6.68. The third-order valence-corrected chi connectivity index (χ3v) is 4.56. The number of alkyl halides is 3. The van der Waals surface area contributed by atoms with E-state index in [1.807, 2.05) is 72.8 Å². The van der Waals surface area contributed by atoms with Gasteiger partial charge in [0.2, 0.25) is 9.70 Å². The molecular weight excluding hydrogens is 391 g/mol. The predicted molar refractivity (Wildman–Crippen MR) is 110 cm³/mol. The molecule has 3 aromatic rings. The zero-order valence-corrected chi connectivity index (χ0v) is 16.0. The summed E-state index contributed by atoms with van der Waals surface area (Å²) < 4.78 is -1.71. The number of rotatable bonds is 5. The van der Waals surface area contributed by atoms with E-state index >= 15 is 0 Å². The fraction of sp³-hybridized carbons (Fsp3) is 0.150. The Morgan fingerprint density at radius 1 is 0.885 bits per heavy atom. The Balaban J connectivity index is 1.74. The summed E-state index contributed by atoms with van der Waals surface area (Å²) in [5, 5.41) is 8.02. The Hall–Kier alpha value is -1.94. The van der Waals surface area contributed by atoms with Gasteiger partial charge in [-0.3, -0.25) is 4.79 Å². The number of hydrogen-bond donors (Lipinski definition) is 2. The van der Waals surface area contributed by atoms with Crippen molar-refractivity contribution in [3.05, 3.63) is 78.4 Å². The number of nitrogens with one attached hydrogen (secondary N) is 2. The van der Waals surface area contributed by atoms with Gasteiger partial charge in [-0.05, 0) is 28.5 Å². The Morgan fingerprint density at radius 3 is 2.23 bits per heavy atom. The maximum Gasteiger partial charge on any atom is 0.228 e. The molecule has 3 aromatic carbocycles. The molecule has 0 saturated carbocycles. The summed E-state index contributed by atoms with van der Waals surface area (Å²) in [6.07, 6.45) is -0.665. The van der Waals surface area contributed by atoms with Crippen molar-refractivity contribution in [2.75, 3.05) is 5.32 Å². The zero-order chi connectivity index (χ0) is 18.6. The Labute approximate surface area is 167 Å². The first-order valence-electron chi connectivity index (χ1n) is 8.07. The summed E-state index contributed by atoms with van der Waals surface area (Å²) in [5.41, 5.74) is 1.64. The lowest BCUT2D eigenvalue weighted by Crippen LogP contribution is -2.49. The van der Waals surface area contributed by atoms with Crippen LogP contribution >= 0.6 is 34.8 Å². The molecule has 0 unspecified atom stereocenters. The van der Waals surface area contributed by atoms with E-state index in [1.165, 1.54) is 0 Å². The van der Waals surface area contributed by atoms with Crippen molar-refractivity contribution in [1.29, 1.82) is 0 Å². The normalized spacial score (nSPS) is 12.6. The van der Waals surface area contributed by atoms with Crippen LogP contribution in [0.4, 0.5) is 5.69 Å². The van der Waals surface area contributed by atoms with Crippen LogP contribution in [0, 0.1) is 0 Å². The number of halogens is 3. The molecule has 0 aliphatic carbocycles. The highest BCUT2D eigenvalue weighted by Crippen LogP contribution is 2.31. The molecule has 1 amide bonds. The van der Waals surface area contributed by atoms with Crippen LogP contribution in [0.5, 0.6) is 0 Å². The fourth-order valence-corrected chi connectivity index (χ4v) is 2.97. The van der Waals surface area contributed by atoms with Gasteiger partial charge in [0.1, 0.15) is 6.17 Å². The molecular formula is C20H17Cl3N2O. The second-order valence-corrected chi connectivity index (χ2v) is 8.28. The number of benzene rings is 3. The molecule has 0 saturated heterocycles. The lowest BCUT2D eigenvalue weighted by molar-refractivity contribution is -0.120. The maximum absolute atomic E-state index is 12.3. The molecule has 0 spiro atoms. The van der Waals surface area contributed by atoms with E-state index < -0.39 is 9.96 Å². The van der Waals surface area contributed by atoms with Crippen molar-refractivity contribution in [3.8, 4) is 0 Å². The molecule has 0 aliphatic heterocycles. The molecule has 0 fully saturated rings. The molecule has 3 rings (SSSR count). The van der Waals surface area contributed by atoms with E-state index in [0.29, 0.717) is 0 Å². The largest absolute Gasteiger partial charge is 0.362 e. The number of hydrogen-bond acceptors (Lipinski definition) is 2. The quantitative estimate of drug-likeness (QED) is 0.445. The van der Waals surface area contributed by atoms with Crippen LogP contribution in [-0.4, -0.2) is 15.9 Å². The van der Waals surface area contributed by atoms with Crippen molar-refractivity contribution in [2.24, 2.45) is 0 Å². The Bertz CT molecular complexity index is 894. The Kier molecular flexibility index (Phi) is 5.92. The second-order valence-electron chi connectivity index (χ2n) is 5.91. The second kappa shape index (κ2) is 8.17. The van der Waals surface area contributed by atoms with E-state index in [9.17, 15) is 4.79 Å². The van der Waals surface area contributed by atoms with Crippen molar-refractivity contribution in [3.63, 3.8) is 0 Å². The number of anilines is 1. The fourth-order valence-electron chi connectivity index (χ4n) is 2.64. The molecule has 0 heterocycles. The van der Waals surface area contributed by atoms with Gasteiger partial charge in [-0.1, -0.05) is 95.5 Å². The molecule has 0 bridgehead atoms. The van der Waals surface area contributed by atoms with Crippen LogP contribution in [0.3, 0.4) is 0 Å². The minimum atomic E-state index is -1.71. The highest BCUT2D eigenvalue weighted by atomic mass is 35.6. The lowest BCUT2D eigenvalue weighted by atomic mass is 10.1. The van der Waals surface area contributed by atoms with Gasteiger partial charge in [-0.2, -0.15) is 0 Å². The topological polar surface area (TPSA) is 41.1 Å². The van der Waals surface area contributed by atoms with Crippen molar-refractivity contribution < 1.29 is 4.79 Å². The van der Waals surface area contributed by atoms with Gasteiger partial charge in [0.05, 0.1) is 6.42 Å². The van der Waals surface area contributed by atoms with Gasteiger partial charge >= 0.3 is 0 Å². The van der Waals surface area contributed by atoms with E-state index in [0.717, 1.165) is 22.0 Å². The molecule has 3 nitrogen and oxygen atoms in total. The minimum Gasteiger partial charge on any atom is -0.362 e. The standard InChI is InChI=1S/C20H17Cl3N2O/c21-20(22,23)19(25-18(26)12-14-6-2-1-3-7-14)24-17-11-10-15-8-4-5-9-16(15)13-17/h1-11,13,19,24H,12H2,(H,25,26)/t19-/m1/s1. The van der Waals surface area contributed by atoms with Crippen molar-refractivity contribution in [2.45, 2.75) is 16.4 Å². The molecule has 0 radical (unpaired) electrons. The van der Waals surface area contributed by atoms with Gasteiger partial charge in [0.25, 0.3) is 0 Å². The summed E-state index contributed by atoms with van der Waals surface area (Å²) in [6, 6.07) is 23.2. The summed E-state index contributed by atoms with van der Waals surface area (Å²) in [4.78, 5) is 12.3. The minimum absolute atomic E-state index is 0.206. The van der Waals surface area contributed by atoms with Crippen LogP contribution in [0.2, 0.25) is 0 Å². The molecule has 1 atom stereocenters. The predicted octanol–water partition coefficient (Wildman–Crippen LogP) is 5.31. The average Bonchev–Trinajstić information content (AvgIpc) is 2.61. The Morgan fingerprint density at radius 2 is 1.54 bits per heavy atom. The summed E-state index contributed by atoms with van der Waals surface area (Å²) in [7, 11) is 0. The third kappa shape index (κ3) is 5.04. The third-order valence-electron chi connectivity index (χ3n) is 3.90. The summed E-state index contributed by atoms with van der Waals surface area (Å²) >= 11 is 18.2. The molecule has 0 aliphatic rings. The zero-order valence-electron chi connectivity index (χ0n) is 13.8. The van der Waals surface area contributed by atoms with Crippen molar-refractivity contribution >= 4 is 57.2 Å². The maximum atomic E-state index is 12.3. The first-order valence-corrected chi connectivity index (χ1v) is 9.20. The monoisotopic (exact) mass is 406 g/mol. The first kappa shape index (κ1) is 18.8. The molecule has 6 heteroatoms. The summed E-state index contributed by atoms with van der Waals surface area (Å²) in [6.45, 7) is 0. The van der Waals surface area contributed by atoms with Gasteiger partial charge < -0.3 is 10.6 Å². The first-order chi connectivity index (χ1) is 12.4. The van der Waals surface area contributed by atoms with Gasteiger partial charge in [0, 0.05) is 5.69 Å². The SMILES string of the molecule is O=C(Cc1ccccc1)N[C@@H](Nc1ccc2ccccc2c1)C(Cl)(Cl)Cl. The highest BCUT2D eigenvalue weighted by Gasteiger charge is 2.34. The van der Waals surface area contributed by atoms with E-state index in [2.05, 4.69) is 10.6 Å². The van der Waals surface area contributed by atoms with Crippen molar-refractivity contribution in [1.82, 2.24) is 5.32 Å². The average molecular weight is 408 g/mol. The smallest absolute Gasteiger partial charge is 0.228 e. The van der Waals surface area contributed by atoms with Gasteiger partial charge in [-0.15, -0.1) is 0 Å². The molecule has 0 aromatic heterocycles. The van der Waals surface area contributed by atoms with Crippen LogP contribution in [0.1, 0.15) is 5.56 Å². The van der Waals surface area contributed by atoms with Gasteiger partial charge in [0.15, 0.2) is 0 Å². The number of carbonyl (C=O) groups excluding carboxylic acids is 1. The van der Waals surface area contributed by atoms with E-state index in [1.54, 1.807) is 0 Å². The van der Waals surface area contributed by atoms with E-state index in [-0.39, 0.29) is 12.3 Å². The number of amides is 1. The molecule has 26 heavy (non-hydrogen) atoms. The number of fused-ring (bicyclic) bond motifs is 1. The lowest BCUT2D eigenvalue weighted by Gasteiger charge is -2.27. The molecule has 134 valence electrons. The van der Waals surface area contributed by atoms with Crippen LogP contribution in [-0.2, 0) is 11.2 Å². The van der Waals surface area contributed by atoms with Crippen LogP contribution < -0.4 is 10.6 Å². The van der Waals surface area contributed by atoms with E-state index in [4.69, 9.17) is 34.8 Å². The summed E-state index contributed by atoms with van der Waals surface area (Å²) in [5.74, 6) is -0.235. The molecule has 2 N–H and O–H groups in total. The van der Waals surface area contributed by atoms with Crippen LogP contribution in [0.15, 0.2) is 72.8 Å². The van der Waals surface area contributed by atoms with Gasteiger partial charge in [-0.25, -0.2) is 0 Å².